The van der Waals surface area contributed by atoms with E-state index in [0.29, 0.717) is 21.7 Å². The van der Waals surface area contributed by atoms with Gasteiger partial charge in [0, 0.05) is 23.1 Å². The number of carbonyl (C=O) groups is 2. The van der Waals surface area contributed by atoms with Gasteiger partial charge in [0.1, 0.15) is 5.58 Å². The van der Waals surface area contributed by atoms with Gasteiger partial charge in [0.25, 0.3) is 5.91 Å². The van der Waals surface area contributed by atoms with Crippen LogP contribution in [0.25, 0.3) is 11.0 Å². The molecule has 0 saturated carbocycles. The maximum atomic E-state index is 12.5. The second-order valence-electron chi connectivity index (χ2n) is 5.46. The second kappa shape index (κ2) is 7.17. The van der Waals surface area contributed by atoms with Crippen LogP contribution < -0.4 is 5.32 Å². The van der Waals surface area contributed by atoms with Crippen molar-refractivity contribution in [1.29, 1.82) is 0 Å². The Hall–Kier alpha value is -2.50. The number of benzene rings is 2. The first-order valence-corrected chi connectivity index (χ1v) is 8.19. The number of anilines is 1. The molecule has 0 aliphatic heterocycles. The summed E-state index contributed by atoms with van der Waals surface area (Å²) >= 11 is 12.1. The second-order valence-corrected chi connectivity index (χ2v) is 6.28. The van der Waals surface area contributed by atoms with E-state index in [-0.39, 0.29) is 23.2 Å². The van der Waals surface area contributed by atoms with Gasteiger partial charge in [0.2, 0.25) is 11.7 Å². The number of hydrogen-bond acceptors (Lipinski definition) is 3. The number of hydrogen-bond donors (Lipinski definition) is 1. The number of rotatable bonds is 4. The zero-order valence-electron chi connectivity index (χ0n) is 13.3. The summed E-state index contributed by atoms with van der Waals surface area (Å²) in [7, 11) is 1.50. The molecule has 1 N–H and O–H groups in total. The lowest BCUT2D eigenvalue weighted by Crippen LogP contribution is -2.34. The molecule has 7 heteroatoms. The zero-order valence-corrected chi connectivity index (χ0v) is 14.8. The van der Waals surface area contributed by atoms with Gasteiger partial charge in [-0.2, -0.15) is 0 Å². The number of likely N-dealkylation sites (N-methyl/N-ethyl adjacent to an activating group) is 1. The maximum Gasteiger partial charge on any atom is 0.291 e. The van der Waals surface area contributed by atoms with Crippen molar-refractivity contribution >= 4 is 51.7 Å². The Balaban J connectivity index is 1.71. The van der Waals surface area contributed by atoms with Crippen LogP contribution in [-0.2, 0) is 4.79 Å². The quantitative estimate of drug-likeness (QED) is 0.731. The predicted octanol–water partition coefficient (Wildman–Crippen LogP) is 4.45. The van der Waals surface area contributed by atoms with Gasteiger partial charge in [-0.05, 0) is 30.3 Å². The monoisotopic (exact) mass is 376 g/mol. The zero-order chi connectivity index (χ0) is 18.0. The molecule has 2 aromatic carbocycles. The van der Waals surface area contributed by atoms with Crippen molar-refractivity contribution in [3.8, 4) is 0 Å². The Bertz CT molecular complexity index is 952. The predicted molar refractivity (Wildman–Crippen MR) is 98.3 cm³/mol. The summed E-state index contributed by atoms with van der Waals surface area (Å²) in [5.41, 5.74) is 1.08. The van der Waals surface area contributed by atoms with Gasteiger partial charge < -0.3 is 14.6 Å². The SMILES string of the molecule is CN(CC(=O)Nc1cccc(Cl)c1)C(=O)c1oc2ccccc2c1Cl. The minimum atomic E-state index is -0.470. The number of nitrogens with zero attached hydrogens (tertiary/aromatic N) is 1. The Labute approximate surface area is 154 Å². The van der Waals surface area contributed by atoms with E-state index in [0.717, 1.165) is 0 Å². The molecule has 5 nitrogen and oxygen atoms in total. The van der Waals surface area contributed by atoms with Crippen LogP contribution in [0.4, 0.5) is 5.69 Å². The van der Waals surface area contributed by atoms with Gasteiger partial charge in [0.05, 0.1) is 11.6 Å². The normalized spacial score (nSPS) is 10.7. The minimum Gasteiger partial charge on any atom is -0.449 e. The summed E-state index contributed by atoms with van der Waals surface area (Å²) in [5, 5.41) is 4.09. The third-order valence-corrected chi connectivity index (χ3v) is 4.18. The van der Waals surface area contributed by atoms with Crippen LogP contribution in [0.5, 0.6) is 0 Å². The highest BCUT2D eigenvalue weighted by Crippen LogP contribution is 2.30. The van der Waals surface area contributed by atoms with Crippen LogP contribution >= 0.6 is 23.2 Å². The molecule has 3 rings (SSSR count). The molecule has 25 heavy (non-hydrogen) atoms. The van der Waals surface area contributed by atoms with Gasteiger partial charge in [-0.25, -0.2) is 0 Å². The molecule has 0 bridgehead atoms. The highest BCUT2D eigenvalue weighted by atomic mass is 35.5. The lowest BCUT2D eigenvalue weighted by atomic mass is 10.2. The highest BCUT2D eigenvalue weighted by Gasteiger charge is 2.23. The first-order valence-electron chi connectivity index (χ1n) is 7.43. The molecular weight excluding hydrogens is 363 g/mol. The van der Waals surface area contributed by atoms with E-state index in [9.17, 15) is 9.59 Å². The minimum absolute atomic E-state index is 0.0147. The molecule has 3 aromatic rings. The molecule has 1 heterocycles. The topological polar surface area (TPSA) is 62.6 Å². The van der Waals surface area contributed by atoms with Crippen LogP contribution in [0.2, 0.25) is 10.0 Å². The summed E-state index contributed by atoms with van der Waals surface area (Å²) < 4.78 is 5.53. The van der Waals surface area contributed by atoms with E-state index < -0.39 is 5.91 Å². The van der Waals surface area contributed by atoms with Gasteiger partial charge in [0.15, 0.2) is 0 Å². The van der Waals surface area contributed by atoms with Crippen molar-refractivity contribution < 1.29 is 14.0 Å². The number of fused-ring (bicyclic) bond motifs is 1. The van der Waals surface area contributed by atoms with Crippen molar-refractivity contribution in [1.82, 2.24) is 4.90 Å². The number of carbonyl (C=O) groups excluding carboxylic acids is 2. The van der Waals surface area contributed by atoms with Crippen LogP contribution in [0.15, 0.2) is 52.9 Å². The van der Waals surface area contributed by atoms with Crippen molar-refractivity contribution in [3.63, 3.8) is 0 Å². The third-order valence-electron chi connectivity index (χ3n) is 3.56. The summed E-state index contributed by atoms with van der Waals surface area (Å²) in [6.07, 6.45) is 0. The van der Waals surface area contributed by atoms with E-state index in [4.69, 9.17) is 27.6 Å². The van der Waals surface area contributed by atoms with Crippen molar-refractivity contribution in [2.24, 2.45) is 0 Å². The van der Waals surface area contributed by atoms with Gasteiger partial charge in [-0.3, -0.25) is 9.59 Å². The Kier molecular flexibility index (Phi) is 4.97. The number of amides is 2. The molecule has 128 valence electrons. The van der Waals surface area contributed by atoms with Crippen molar-refractivity contribution in [2.75, 3.05) is 18.9 Å². The highest BCUT2D eigenvalue weighted by molar-refractivity contribution is 6.38. The molecule has 0 radical (unpaired) electrons. The standard InChI is InChI=1S/C18H14Cl2N2O3/c1-22(10-15(23)21-12-6-4-5-11(19)9-12)18(24)17-16(20)13-7-2-3-8-14(13)25-17/h2-9H,10H2,1H3,(H,21,23). The molecule has 0 aliphatic carbocycles. The fourth-order valence-corrected chi connectivity index (χ4v) is 2.84. The molecule has 0 saturated heterocycles. The number of halogens is 2. The average Bonchev–Trinajstić information content (AvgIpc) is 2.91. The lowest BCUT2D eigenvalue weighted by Gasteiger charge is -2.15. The van der Waals surface area contributed by atoms with Crippen LogP contribution in [0.1, 0.15) is 10.6 Å². The van der Waals surface area contributed by atoms with E-state index in [1.54, 1.807) is 48.5 Å². The summed E-state index contributed by atoms with van der Waals surface area (Å²) in [4.78, 5) is 25.9. The van der Waals surface area contributed by atoms with Gasteiger partial charge in [-0.15, -0.1) is 0 Å². The fraction of sp³-hybridized carbons (Fsp3) is 0.111. The molecule has 0 fully saturated rings. The van der Waals surface area contributed by atoms with Crippen molar-refractivity contribution in [2.45, 2.75) is 0 Å². The molecule has 1 aromatic heterocycles. The summed E-state index contributed by atoms with van der Waals surface area (Å²) in [6.45, 7) is -0.154. The van der Waals surface area contributed by atoms with E-state index >= 15 is 0 Å². The molecule has 0 atom stereocenters. The maximum absolute atomic E-state index is 12.5. The number of para-hydroxylation sites is 1. The van der Waals surface area contributed by atoms with Crippen LogP contribution in [0.3, 0.4) is 0 Å². The van der Waals surface area contributed by atoms with Gasteiger partial charge in [-0.1, -0.05) is 41.4 Å². The molecule has 0 aliphatic rings. The first-order chi connectivity index (χ1) is 12.0. The van der Waals surface area contributed by atoms with E-state index in [1.165, 1.54) is 11.9 Å². The fourth-order valence-electron chi connectivity index (χ4n) is 2.38. The Morgan fingerprint density at radius 1 is 1.12 bits per heavy atom. The van der Waals surface area contributed by atoms with Crippen molar-refractivity contribution in [3.05, 3.63) is 64.3 Å². The number of nitrogens with one attached hydrogen (secondary N) is 1. The molecule has 0 spiro atoms. The molecule has 0 unspecified atom stereocenters. The third kappa shape index (κ3) is 3.78. The summed E-state index contributed by atoms with van der Waals surface area (Å²) in [5.74, 6) is -0.811. The smallest absolute Gasteiger partial charge is 0.291 e. The Morgan fingerprint density at radius 2 is 1.88 bits per heavy atom. The van der Waals surface area contributed by atoms with Gasteiger partial charge >= 0.3 is 0 Å². The van der Waals surface area contributed by atoms with Crippen LogP contribution in [-0.4, -0.2) is 30.3 Å². The molecular formula is C18H14Cl2N2O3. The van der Waals surface area contributed by atoms with E-state index in [2.05, 4.69) is 5.32 Å². The summed E-state index contributed by atoms with van der Waals surface area (Å²) in [6, 6.07) is 13.9. The largest absolute Gasteiger partial charge is 0.449 e. The van der Waals surface area contributed by atoms with E-state index in [1.807, 2.05) is 0 Å². The lowest BCUT2D eigenvalue weighted by molar-refractivity contribution is -0.116. The Morgan fingerprint density at radius 3 is 2.60 bits per heavy atom. The average molecular weight is 377 g/mol. The molecule has 2 amide bonds. The first kappa shape index (κ1) is 17.3. The van der Waals surface area contributed by atoms with Crippen LogP contribution in [0, 0.1) is 0 Å². The number of furan rings is 1.